The number of aromatic nitrogens is 2. The van der Waals surface area contributed by atoms with Crippen molar-refractivity contribution >= 4 is 23.2 Å². The fourth-order valence-electron chi connectivity index (χ4n) is 0.385. The van der Waals surface area contributed by atoms with Gasteiger partial charge in [-0.3, -0.25) is 0 Å². The normalized spacial score (nSPS) is 8.00. The fraction of sp³-hybridized carbons (Fsp3) is 0. The third kappa shape index (κ3) is 2.31. The van der Waals surface area contributed by atoms with Crippen molar-refractivity contribution in [3.63, 3.8) is 0 Å². The lowest BCUT2D eigenvalue weighted by atomic mass is 10.6. The van der Waals surface area contributed by atoms with E-state index in [2.05, 4.69) is 9.97 Å². The van der Waals surface area contributed by atoms with Gasteiger partial charge in [-0.25, -0.2) is 4.79 Å². The third-order valence-electron chi connectivity index (χ3n) is 0.692. The number of aromatic amines is 1. The molecule has 4 nitrogen and oxygen atoms in total. The highest BCUT2D eigenvalue weighted by atomic mass is 27.0. The summed E-state index contributed by atoms with van der Waals surface area (Å²) < 4.78 is 0. The first-order chi connectivity index (χ1) is 3.79. The maximum atomic E-state index is 10.2. The second kappa shape index (κ2) is 3.28. The van der Waals surface area contributed by atoms with Gasteiger partial charge in [0.05, 0.1) is 0 Å². The molecule has 0 saturated heterocycles. The van der Waals surface area contributed by atoms with Crippen LogP contribution in [0.5, 0.6) is 0 Å². The second-order valence-corrected chi connectivity index (χ2v) is 1.32. The van der Waals surface area contributed by atoms with Gasteiger partial charge in [0.15, 0.2) is 17.4 Å². The van der Waals surface area contributed by atoms with Crippen LogP contribution in [-0.4, -0.2) is 27.3 Å². The summed E-state index contributed by atoms with van der Waals surface area (Å²) in [7, 11) is 0. The Morgan fingerprint density at radius 3 is 2.67 bits per heavy atom. The van der Waals surface area contributed by atoms with Crippen LogP contribution in [0.4, 0.5) is 5.82 Å². The summed E-state index contributed by atoms with van der Waals surface area (Å²) in [5.74, 6) is 0.244. The number of H-pyrrole nitrogens is 1. The summed E-state index contributed by atoms with van der Waals surface area (Å²) in [6.07, 6.45) is 1.45. The highest BCUT2D eigenvalue weighted by molar-refractivity contribution is 5.75. The van der Waals surface area contributed by atoms with Crippen molar-refractivity contribution in [1.29, 1.82) is 0 Å². The van der Waals surface area contributed by atoms with Gasteiger partial charge in [-0.05, 0) is 6.07 Å². The topological polar surface area (TPSA) is 71.8 Å². The van der Waals surface area contributed by atoms with Gasteiger partial charge < -0.3 is 10.7 Å². The van der Waals surface area contributed by atoms with Crippen molar-refractivity contribution in [3.8, 4) is 0 Å². The van der Waals surface area contributed by atoms with Crippen LogP contribution < -0.4 is 11.4 Å². The molecular weight excluding hydrogens is 133 g/mol. The van der Waals surface area contributed by atoms with Crippen molar-refractivity contribution in [2.45, 2.75) is 0 Å². The van der Waals surface area contributed by atoms with Crippen LogP contribution in [0.15, 0.2) is 17.1 Å². The van der Waals surface area contributed by atoms with E-state index in [4.69, 9.17) is 5.73 Å². The molecule has 0 atom stereocenters. The Morgan fingerprint density at radius 1 is 1.67 bits per heavy atom. The summed E-state index contributed by atoms with van der Waals surface area (Å²) in [6, 6.07) is 1.52. The molecule has 48 valence electrons. The molecule has 0 spiro atoms. The zero-order valence-electron chi connectivity index (χ0n) is 4.09. The van der Waals surface area contributed by atoms with Crippen LogP contribution in [-0.2, 0) is 0 Å². The van der Waals surface area contributed by atoms with Crippen molar-refractivity contribution < 1.29 is 0 Å². The van der Waals surface area contributed by atoms with E-state index < -0.39 is 5.69 Å². The number of hydrogen-bond donors (Lipinski definition) is 2. The van der Waals surface area contributed by atoms with Crippen LogP contribution >= 0.6 is 0 Å². The molecule has 0 aliphatic heterocycles. The molecule has 0 bridgehead atoms. The van der Waals surface area contributed by atoms with E-state index in [1.54, 1.807) is 0 Å². The van der Waals surface area contributed by atoms with Crippen LogP contribution in [0, 0.1) is 0 Å². The first-order valence-electron chi connectivity index (χ1n) is 2.10. The molecule has 1 rings (SSSR count). The molecule has 9 heavy (non-hydrogen) atoms. The van der Waals surface area contributed by atoms with Crippen LogP contribution in [0.2, 0.25) is 0 Å². The van der Waals surface area contributed by atoms with E-state index in [0.717, 1.165) is 0 Å². The minimum Gasteiger partial charge on any atom is -0.383 e. The number of hydrogen-bond acceptors (Lipinski definition) is 3. The van der Waals surface area contributed by atoms with Gasteiger partial charge >= 0.3 is 5.69 Å². The standard InChI is InChI=1S/C4H5N3O.Al.3H/c5-3-1-2-6-4(8)7-3;;;;/h1-2H,(H3,5,6,7,8);;;;. The van der Waals surface area contributed by atoms with Crippen LogP contribution in [0.1, 0.15) is 0 Å². The number of nitrogen functional groups attached to an aromatic ring is 1. The molecule has 3 N–H and O–H groups in total. The van der Waals surface area contributed by atoms with Gasteiger partial charge in [0.1, 0.15) is 5.82 Å². The van der Waals surface area contributed by atoms with E-state index in [9.17, 15) is 4.79 Å². The van der Waals surface area contributed by atoms with Crippen molar-refractivity contribution in [2.75, 3.05) is 5.73 Å². The van der Waals surface area contributed by atoms with Gasteiger partial charge in [0.25, 0.3) is 0 Å². The largest absolute Gasteiger partial charge is 0.383 e. The molecule has 0 aliphatic carbocycles. The lowest BCUT2D eigenvalue weighted by Crippen LogP contribution is -2.10. The molecule has 1 aromatic heterocycles. The Bertz CT molecular complexity index is 233. The molecule has 0 aliphatic rings. The van der Waals surface area contributed by atoms with Crippen molar-refractivity contribution in [3.05, 3.63) is 22.7 Å². The van der Waals surface area contributed by atoms with Gasteiger partial charge in [0, 0.05) is 6.20 Å². The monoisotopic (exact) mass is 141 g/mol. The molecular formula is C4H8AlN3O. The van der Waals surface area contributed by atoms with Gasteiger partial charge in [-0.15, -0.1) is 0 Å². The lowest BCUT2D eigenvalue weighted by Gasteiger charge is -1.83. The molecule has 0 unspecified atom stereocenters. The Kier molecular flexibility index (Phi) is 2.99. The summed E-state index contributed by atoms with van der Waals surface area (Å²) >= 11 is 0. The first kappa shape index (κ1) is 8.21. The molecule has 1 aromatic rings. The van der Waals surface area contributed by atoms with Crippen LogP contribution in [0.3, 0.4) is 0 Å². The third-order valence-corrected chi connectivity index (χ3v) is 0.692. The lowest BCUT2D eigenvalue weighted by molar-refractivity contribution is 1.08. The minimum atomic E-state index is -0.412. The number of nitrogens with one attached hydrogen (secondary N) is 1. The zero-order chi connectivity index (χ0) is 5.98. The van der Waals surface area contributed by atoms with Crippen molar-refractivity contribution in [2.24, 2.45) is 0 Å². The molecule has 0 amide bonds. The van der Waals surface area contributed by atoms with Crippen LogP contribution in [0.25, 0.3) is 0 Å². The Hall–Kier alpha value is -0.788. The summed E-state index contributed by atoms with van der Waals surface area (Å²) in [5.41, 5.74) is 4.72. The van der Waals surface area contributed by atoms with E-state index in [0.29, 0.717) is 0 Å². The van der Waals surface area contributed by atoms with E-state index in [-0.39, 0.29) is 23.2 Å². The number of rotatable bonds is 0. The number of nitrogens with zero attached hydrogens (tertiary/aromatic N) is 1. The maximum absolute atomic E-state index is 10.2. The number of anilines is 1. The SMILES string of the molecule is Nc1cc[nH]c(=O)n1.[AlH3]. The zero-order valence-corrected chi connectivity index (χ0v) is 4.09. The van der Waals surface area contributed by atoms with E-state index in [1.807, 2.05) is 0 Å². The van der Waals surface area contributed by atoms with Crippen molar-refractivity contribution in [1.82, 2.24) is 9.97 Å². The minimum absolute atomic E-state index is 0. The smallest absolute Gasteiger partial charge is 0.346 e. The Morgan fingerprint density at radius 2 is 2.33 bits per heavy atom. The second-order valence-electron chi connectivity index (χ2n) is 1.32. The fourth-order valence-corrected chi connectivity index (χ4v) is 0.385. The van der Waals surface area contributed by atoms with Gasteiger partial charge in [-0.1, -0.05) is 0 Å². The predicted molar refractivity (Wildman–Crippen MR) is 39.2 cm³/mol. The molecule has 1 heterocycles. The Labute approximate surface area is 62.2 Å². The molecule has 0 radical (unpaired) electrons. The van der Waals surface area contributed by atoms with Gasteiger partial charge in [0.2, 0.25) is 0 Å². The first-order valence-corrected chi connectivity index (χ1v) is 2.10. The quantitative estimate of drug-likeness (QED) is 0.417. The molecule has 0 saturated carbocycles. The summed E-state index contributed by atoms with van der Waals surface area (Å²) in [5, 5.41) is 0. The summed E-state index contributed by atoms with van der Waals surface area (Å²) in [4.78, 5) is 15.9. The molecule has 0 fully saturated rings. The average Bonchev–Trinajstić information content (AvgIpc) is 1.64. The highest BCUT2D eigenvalue weighted by Crippen LogP contribution is 1.82. The average molecular weight is 141 g/mol. The van der Waals surface area contributed by atoms with E-state index >= 15 is 0 Å². The van der Waals surface area contributed by atoms with E-state index in [1.165, 1.54) is 12.3 Å². The Balaban J connectivity index is 0.000000640. The number of nitrogens with two attached hydrogens (primary N) is 1. The summed E-state index contributed by atoms with van der Waals surface area (Å²) in [6.45, 7) is 0. The maximum Gasteiger partial charge on any atom is 0.346 e. The predicted octanol–water partition coefficient (Wildman–Crippen LogP) is -1.83. The van der Waals surface area contributed by atoms with Gasteiger partial charge in [-0.2, -0.15) is 4.98 Å². The molecule has 5 heteroatoms. The highest BCUT2D eigenvalue weighted by Gasteiger charge is 1.81. The molecule has 0 aromatic carbocycles.